The van der Waals surface area contributed by atoms with Crippen LogP contribution in [0.4, 0.5) is 5.69 Å². The first kappa shape index (κ1) is 14.5. The Kier molecular flexibility index (Phi) is 4.04. The van der Waals surface area contributed by atoms with E-state index in [9.17, 15) is 14.4 Å². The molecule has 1 aliphatic heterocycles. The molecular weight excluding hydrogens is 282 g/mol. The Morgan fingerprint density at radius 3 is 2.91 bits per heavy atom. The van der Waals surface area contributed by atoms with E-state index in [4.69, 9.17) is 4.74 Å². The Morgan fingerprint density at radius 2 is 2.14 bits per heavy atom. The summed E-state index contributed by atoms with van der Waals surface area (Å²) in [6.45, 7) is -0.251. The third-order valence-corrected chi connectivity index (χ3v) is 4.00. The Bertz CT molecular complexity index is 663. The Morgan fingerprint density at radius 1 is 1.27 bits per heavy atom. The van der Waals surface area contributed by atoms with Crippen LogP contribution in [0.1, 0.15) is 35.2 Å². The van der Waals surface area contributed by atoms with Crippen molar-refractivity contribution in [3.8, 4) is 0 Å². The van der Waals surface area contributed by atoms with Crippen molar-refractivity contribution >= 4 is 23.3 Å². The second kappa shape index (κ2) is 6.13. The number of ketones is 1. The van der Waals surface area contributed by atoms with Crippen molar-refractivity contribution in [3.05, 3.63) is 41.5 Å². The highest BCUT2D eigenvalue weighted by atomic mass is 16.5. The predicted octanol–water partition coefficient (Wildman–Crippen LogP) is 2.26. The minimum Gasteiger partial charge on any atom is -0.457 e. The molecule has 1 amide bonds. The number of allylic oxidation sites excluding steroid dienone is 2. The van der Waals surface area contributed by atoms with E-state index in [1.54, 1.807) is 18.2 Å². The van der Waals surface area contributed by atoms with E-state index in [0.717, 1.165) is 24.1 Å². The van der Waals surface area contributed by atoms with Gasteiger partial charge in [-0.25, -0.2) is 0 Å². The SMILES string of the molecule is O=C1Cc2cc(C(=O)COC(=O)[C@@H]3CC=CCC3)ccc2N1. The molecule has 1 aliphatic carbocycles. The summed E-state index contributed by atoms with van der Waals surface area (Å²) in [5, 5.41) is 2.71. The van der Waals surface area contributed by atoms with Gasteiger partial charge in [-0.05, 0) is 43.0 Å². The third kappa shape index (κ3) is 3.08. The number of rotatable bonds is 4. The molecule has 1 aromatic rings. The summed E-state index contributed by atoms with van der Waals surface area (Å²) < 4.78 is 5.13. The number of Topliss-reactive ketones (excluding diaryl/α,β-unsaturated/α-hetero) is 1. The summed E-state index contributed by atoms with van der Waals surface area (Å²) in [7, 11) is 0. The maximum Gasteiger partial charge on any atom is 0.309 e. The van der Waals surface area contributed by atoms with Crippen LogP contribution in [0.3, 0.4) is 0 Å². The van der Waals surface area contributed by atoms with Crippen LogP contribution < -0.4 is 5.32 Å². The fourth-order valence-corrected chi connectivity index (χ4v) is 2.75. The van der Waals surface area contributed by atoms with E-state index in [-0.39, 0.29) is 36.6 Å². The number of hydrogen-bond donors (Lipinski definition) is 1. The maximum atomic E-state index is 12.1. The van der Waals surface area contributed by atoms with Crippen molar-refractivity contribution in [2.75, 3.05) is 11.9 Å². The highest BCUT2D eigenvalue weighted by Crippen LogP contribution is 2.24. The first-order chi connectivity index (χ1) is 10.6. The number of amides is 1. The van der Waals surface area contributed by atoms with Gasteiger partial charge in [0.25, 0.3) is 0 Å². The first-order valence-electron chi connectivity index (χ1n) is 7.41. The van der Waals surface area contributed by atoms with E-state index in [1.807, 2.05) is 6.08 Å². The van der Waals surface area contributed by atoms with Crippen molar-refractivity contribution in [2.45, 2.75) is 25.7 Å². The number of nitrogens with one attached hydrogen (secondary N) is 1. The highest BCUT2D eigenvalue weighted by Gasteiger charge is 2.22. The van der Waals surface area contributed by atoms with Gasteiger partial charge in [-0.1, -0.05) is 12.2 Å². The van der Waals surface area contributed by atoms with E-state index >= 15 is 0 Å². The molecule has 0 fully saturated rings. The molecule has 1 aromatic carbocycles. The van der Waals surface area contributed by atoms with Gasteiger partial charge in [0.2, 0.25) is 5.91 Å². The maximum absolute atomic E-state index is 12.1. The van der Waals surface area contributed by atoms with Crippen molar-refractivity contribution in [2.24, 2.45) is 5.92 Å². The zero-order valence-corrected chi connectivity index (χ0v) is 12.1. The number of hydrogen-bond acceptors (Lipinski definition) is 4. The molecular formula is C17H17NO4. The number of anilines is 1. The number of carbonyl (C=O) groups is 3. The van der Waals surface area contributed by atoms with Gasteiger partial charge in [-0.3, -0.25) is 14.4 Å². The second-order valence-corrected chi connectivity index (χ2v) is 5.61. The molecule has 5 nitrogen and oxygen atoms in total. The predicted molar refractivity (Wildman–Crippen MR) is 80.5 cm³/mol. The van der Waals surface area contributed by atoms with Gasteiger partial charge in [0.15, 0.2) is 12.4 Å². The molecule has 3 rings (SSSR count). The van der Waals surface area contributed by atoms with E-state index in [1.165, 1.54) is 0 Å². The molecule has 1 heterocycles. The van der Waals surface area contributed by atoms with E-state index in [0.29, 0.717) is 12.0 Å². The lowest BCUT2D eigenvalue weighted by Crippen LogP contribution is -2.22. The summed E-state index contributed by atoms with van der Waals surface area (Å²) in [5.74, 6) is -0.770. The number of carbonyl (C=O) groups excluding carboxylic acids is 3. The minimum absolute atomic E-state index is 0.0728. The largest absolute Gasteiger partial charge is 0.457 e. The van der Waals surface area contributed by atoms with Crippen molar-refractivity contribution in [1.29, 1.82) is 0 Å². The molecule has 0 aromatic heterocycles. The lowest BCUT2D eigenvalue weighted by molar-refractivity contribution is -0.147. The molecule has 5 heteroatoms. The fourth-order valence-electron chi connectivity index (χ4n) is 2.75. The molecule has 0 radical (unpaired) electrons. The zero-order chi connectivity index (χ0) is 15.5. The molecule has 0 saturated heterocycles. The molecule has 2 aliphatic rings. The zero-order valence-electron chi connectivity index (χ0n) is 12.1. The number of esters is 1. The van der Waals surface area contributed by atoms with Gasteiger partial charge >= 0.3 is 5.97 Å². The molecule has 0 unspecified atom stereocenters. The van der Waals surface area contributed by atoms with Crippen LogP contribution in [0.2, 0.25) is 0 Å². The van der Waals surface area contributed by atoms with Gasteiger partial charge in [-0.2, -0.15) is 0 Å². The van der Waals surface area contributed by atoms with E-state index < -0.39 is 0 Å². The first-order valence-corrected chi connectivity index (χ1v) is 7.41. The van der Waals surface area contributed by atoms with Crippen LogP contribution in [-0.4, -0.2) is 24.3 Å². The molecule has 0 bridgehead atoms. The van der Waals surface area contributed by atoms with Gasteiger partial charge in [-0.15, -0.1) is 0 Å². The van der Waals surface area contributed by atoms with Crippen molar-refractivity contribution < 1.29 is 19.1 Å². The fraction of sp³-hybridized carbons (Fsp3) is 0.353. The minimum atomic E-state index is -0.310. The van der Waals surface area contributed by atoms with Gasteiger partial charge in [0, 0.05) is 11.3 Å². The molecule has 1 atom stereocenters. The van der Waals surface area contributed by atoms with Gasteiger partial charge in [0.05, 0.1) is 12.3 Å². The molecule has 0 spiro atoms. The second-order valence-electron chi connectivity index (χ2n) is 5.61. The number of fused-ring (bicyclic) bond motifs is 1. The van der Waals surface area contributed by atoms with Crippen molar-refractivity contribution in [1.82, 2.24) is 0 Å². The summed E-state index contributed by atoms with van der Waals surface area (Å²) in [6, 6.07) is 5.04. The standard InChI is InChI=1S/C17H17NO4/c19-15(10-22-17(21)11-4-2-1-3-5-11)12-6-7-14-13(8-12)9-16(20)18-14/h1-2,6-8,11H,3-5,9-10H2,(H,18,20)/t11-/m1/s1. The lowest BCUT2D eigenvalue weighted by Gasteiger charge is -2.16. The third-order valence-electron chi connectivity index (χ3n) is 4.00. The summed E-state index contributed by atoms with van der Waals surface area (Å²) in [6.07, 6.45) is 6.64. The average molecular weight is 299 g/mol. The Labute approximate surface area is 128 Å². The van der Waals surface area contributed by atoms with Crippen LogP contribution >= 0.6 is 0 Å². The Hall–Kier alpha value is -2.43. The van der Waals surface area contributed by atoms with Gasteiger partial charge < -0.3 is 10.1 Å². The topological polar surface area (TPSA) is 72.5 Å². The monoisotopic (exact) mass is 299 g/mol. The average Bonchev–Trinajstić information content (AvgIpc) is 2.92. The van der Waals surface area contributed by atoms with Crippen molar-refractivity contribution in [3.63, 3.8) is 0 Å². The summed E-state index contributed by atoms with van der Waals surface area (Å²) in [4.78, 5) is 35.3. The normalized spacial score (nSPS) is 19.5. The van der Waals surface area contributed by atoms with Crippen LogP contribution in [0.25, 0.3) is 0 Å². The Balaban J connectivity index is 1.58. The molecule has 114 valence electrons. The molecule has 0 saturated carbocycles. The van der Waals surface area contributed by atoms with Crippen LogP contribution in [-0.2, 0) is 20.7 Å². The van der Waals surface area contributed by atoms with E-state index in [2.05, 4.69) is 11.4 Å². The molecule has 1 N–H and O–H groups in total. The quantitative estimate of drug-likeness (QED) is 0.526. The lowest BCUT2D eigenvalue weighted by atomic mass is 9.95. The van der Waals surface area contributed by atoms with Crippen LogP contribution in [0.15, 0.2) is 30.4 Å². The summed E-state index contributed by atoms with van der Waals surface area (Å²) in [5.41, 5.74) is 2.01. The smallest absolute Gasteiger partial charge is 0.309 e. The summed E-state index contributed by atoms with van der Waals surface area (Å²) >= 11 is 0. The van der Waals surface area contributed by atoms with Crippen LogP contribution in [0.5, 0.6) is 0 Å². The number of ether oxygens (including phenoxy) is 1. The van der Waals surface area contributed by atoms with Crippen LogP contribution in [0, 0.1) is 5.92 Å². The highest BCUT2D eigenvalue weighted by molar-refractivity contribution is 6.02. The number of benzene rings is 1. The van der Waals surface area contributed by atoms with Gasteiger partial charge in [0.1, 0.15) is 0 Å². The molecule has 22 heavy (non-hydrogen) atoms.